The third-order valence-electron chi connectivity index (χ3n) is 1.71. The number of hydrogen-bond acceptors (Lipinski definition) is 3. The molecule has 2 heterocycles. The molecule has 0 saturated heterocycles. The topological polar surface area (TPSA) is 77.5 Å². The fourth-order valence-corrected chi connectivity index (χ4v) is 1.59. The third-order valence-corrected chi connectivity index (χ3v) is 2.61. The molecule has 13 heavy (non-hydrogen) atoms. The van der Waals surface area contributed by atoms with Gasteiger partial charge in [-0.1, -0.05) is 0 Å². The van der Waals surface area contributed by atoms with Crippen LogP contribution in [0, 0.1) is 0 Å². The summed E-state index contributed by atoms with van der Waals surface area (Å²) in [7, 11) is -3.62. The van der Waals surface area contributed by atoms with Gasteiger partial charge >= 0.3 is 0 Å². The minimum atomic E-state index is -3.62. The lowest BCUT2D eigenvalue weighted by atomic mass is 10.4. The van der Waals surface area contributed by atoms with E-state index in [4.69, 9.17) is 5.14 Å². The number of sulfonamides is 1. The summed E-state index contributed by atoms with van der Waals surface area (Å²) in [6, 6.07) is 3.10. The van der Waals surface area contributed by atoms with Crippen molar-refractivity contribution in [1.29, 1.82) is 0 Å². The van der Waals surface area contributed by atoms with Gasteiger partial charge in [0.25, 0.3) is 0 Å². The van der Waals surface area contributed by atoms with E-state index in [9.17, 15) is 8.42 Å². The second-order valence-electron chi connectivity index (χ2n) is 2.64. The maximum atomic E-state index is 10.9. The Morgan fingerprint density at radius 2 is 2.15 bits per heavy atom. The molecule has 0 saturated carbocycles. The summed E-state index contributed by atoms with van der Waals surface area (Å²) in [4.78, 5) is 3.93. The Balaban J connectivity index is 2.75. The van der Waals surface area contributed by atoms with Crippen molar-refractivity contribution >= 4 is 15.5 Å². The van der Waals surface area contributed by atoms with Crippen molar-refractivity contribution in [1.82, 2.24) is 9.38 Å². The molecule has 5 nitrogen and oxygen atoms in total. The van der Waals surface area contributed by atoms with Crippen molar-refractivity contribution in [3.63, 3.8) is 0 Å². The Morgan fingerprint density at radius 3 is 2.85 bits per heavy atom. The second-order valence-corrected chi connectivity index (χ2v) is 4.20. The molecule has 0 bridgehead atoms. The molecule has 0 fully saturated rings. The molecule has 2 rings (SSSR count). The largest absolute Gasteiger partial charge is 0.305 e. The summed E-state index contributed by atoms with van der Waals surface area (Å²) in [5.41, 5.74) is 0.826. The first kappa shape index (κ1) is 8.21. The predicted octanol–water partition coefficient (Wildman–Crippen LogP) is -0.0183. The summed E-state index contributed by atoms with van der Waals surface area (Å²) in [6.07, 6.45) is 4.58. The van der Waals surface area contributed by atoms with Gasteiger partial charge in [0.05, 0.1) is 22.9 Å². The normalized spacial score (nSPS) is 12.1. The highest BCUT2D eigenvalue weighted by Gasteiger charge is 2.07. The fraction of sp³-hybridized carbons (Fsp3) is 0. The van der Waals surface area contributed by atoms with Crippen LogP contribution in [0.4, 0.5) is 0 Å². The number of imidazole rings is 1. The van der Waals surface area contributed by atoms with Gasteiger partial charge in [-0.25, -0.2) is 18.5 Å². The van der Waals surface area contributed by atoms with E-state index in [-0.39, 0.29) is 4.90 Å². The van der Waals surface area contributed by atoms with E-state index in [1.807, 2.05) is 0 Å². The Labute approximate surface area is 74.9 Å². The molecule has 0 atom stereocenters. The number of fused-ring (bicyclic) bond motifs is 1. The maximum Gasteiger partial charge on any atom is 0.239 e. The van der Waals surface area contributed by atoms with Crippen LogP contribution in [-0.4, -0.2) is 17.8 Å². The quantitative estimate of drug-likeness (QED) is 0.698. The van der Waals surface area contributed by atoms with E-state index in [0.29, 0.717) is 0 Å². The molecular formula is C7H7N3O2S. The first-order valence-electron chi connectivity index (χ1n) is 3.52. The summed E-state index contributed by atoms with van der Waals surface area (Å²) < 4.78 is 23.5. The average molecular weight is 197 g/mol. The smallest absolute Gasteiger partial charge is 0.239 e. The lowest BCUT2D eigenvalue weighted by molar-refractivity contribution is 0.597. The van der Waals surface area contributed by atoms with Gasteiger partial charge in [-0.3, -0.25) is 0 Å². The number of nitrogens with two attached hydrogens (primary N) is 1. The van der Waals surface area contributed by atoms with Crippen LogP contribution in [0.2, 0.25) is 0 Å². The molecule has 2 N–H and O–H groups in total. The first-order valence-corrected chi connectivity index (χ1v) is 5.06. The van der Waals surface area contributed by atoms with Gasteiger partial charge < -0.3 is 4.40 Å². The average Bonchev–Trinajstić information content (AvgIpc) is 2.47. The van der Waals surface area contributed by atoms with Crippen LogP contribution in [-0.2, 0) is 10.0 Å². The summed E-state index contributed by atoms with van der Waals surface area (Å²) in [6.45, 7) is 0. The van der Waals surface area contributed by atoms with Crippen molar-refractivity contribution in [2.75, 3.05) is 0 Å². The zero-order chi connectivity index (χ0) is 9.47. The van der Waals surface area contributed by atoms with Crippen LogP contribution < -0.4 is 5.14 Å². The van der Waals surface area contributed by atoms with Crippen LogP contribution in [0.15, 0.2) is 35.7 Å². The molecule has 2 aromatic rings. The van der Waals surface area contributed by atoms with Crippen LogP contribution in [0.1, 0.15) is 0 Å². The zero-order valence-corrected chi connectivity index (χ0v) is 7.40. The van der Waals surface area contributed by atoms with E-state index in [0.717, 1.165) is 5.52 Å². The van der Waals surface area contributed by atoms with Crippen LogP contribution in [0.5, 0.6) is 0 Å². The predicted molar refractivity (Wildman–Crippen MR) is 46.6 cm³/mol. The zero-order valence-electron chi connectivity index (χ0n) is 6.58. The second kappa shape index (κ2) is 2.54. The SMILES string of the molecule is NS(=O)(=O)c1ccc2cncn2c1. The molecule has 0 spiro atoms. The van der Waals surface area contributed by atoms with Gasteiger partial charge in [0.15, 0.2) is 0 Å². The number of rotatable bonds is 1. The molecule has 0 radical (unpaired) electrons. The van der Waals surface area contributed by atoms with Crippen LogP contribution in [0.3, 0.4) is 0 Å². The Morgan fingerprint density at radius 1 is 1.38 bits per heavy atom. The molecule has 2 aromatic heterocycles. The lowest BCUT2D eigenvalue weighted by Gasteiger charge is -1.98. The molecule has 6 heteroatoms. The highest BCUT2D eigenvalue weighted by Crippen LogP contribution is 2.08. The number of nitrogens with zero attached hydrogens (tertiary/aromatic N) is 2. The van der Waals surface area contributed by atoms with Gasteiger partial charge in [-0.2, -0.15) is 0 Å². The highest BCUT2D eigenvalue weighted by molar-refractivity contribution is 7.89. The Kier molecular flexibility index (Phi) is 1.61. The van der Waals surface area contributed by atoms with Crippen molar-refractivity contribution in [3.05, 3.63) is 30.9 Å². The van der Waals surface area contributed by atoms with Crippen molar-refractivity contribution in [3.8, 4) is 0 Å². The summed E-state index contributed by atoms with van der Waals surface area (Å²) in [5, 5.41) is 4.96. The number of aromatic nitrogens is 2. The molecular weight excluding hydrogens is 190 g/mol. The van der Waals surface area contributed by atoms with E-state index in [1.165, 1.54) is 18.6 Å². The van der Waals surface area contributed by atoms with E-state index < -0.39 is 10.0 Å². The van der Waals surface area contributed by atoms with Crippen molar-refractivity contribution < 1.29 is 8.42 Å². The van der Waals surface area contributed by atoms with E-state index in [2.05, 4.69) is 4.98 Å². The minimum absolute atomic E-state index is 0.0815. The maximum absolute atomic E-state index is 10.9. The van der Waals surface area contributed by atoms with Crippen molar-refractivity contribution in [2.24, 2.45) is 5.14 Å². The third kappa shape index (κ3) is 1.41. The number of pyridine rings is 1. The molecule has 0 amide bonds. The van der Waals surface area contributed by atoms with Gasteiger partial charge in [-0.05, 0) is 12.1 Å². The van der Waals surface area contributed by atoms with E-state index >= 15 is 0 Å². The van der Waals surface area contributed by atoms with Crippen molar-refractivity contribution in [2.45, 2.75) is 4.90 Å². The lowest BCUT2D eigenvalue weighted by Crippen LogP contribution is -2.12. The minimum Gasteiger partial charge on any atom is -0.305 e. The molecule has 68 valence electrons. The number of primary sulfonamides is 1. The standard InChI is InChI=1S/C7H7N3O2S/c8-13(11,12)7-2-1-6-3-9-5-10(6)4-7/h1-5H,(H2,8,11,12). The monoisotopic (exact) mass is 197 g/mol. The first-order chi connectivity index (χ1) is 6.07. The number of hydrogen-bond donors (Lipinski definition) is 1. The van der Waals surface area contributed by atoms with Crippen LogP contribution >= 0.6 is 0 Å². The fourth-order valence-electron chi connectivity index (χ4n) is 1.07. The molecule has 0 aromatic carbocycles. The van der Waals surface area contributed by atoms with Crippen LogP contribution in [0.25, 0.3) is 5.52 Å². The Hall–Kier alpha value is -1.40. The molecule has 0 aliphatic heterocycles. The van der Waals surface area contributed by atoms with Gasteiger partial charge in [-0.15, -0.1) is 0 Å². The summed E-state index contributed by atoms with van der Waals surface area (Å²) in [5.74, 6) is 0. The van der Waals surface area contributed by atoms with Gasteiger partial charge in [0, 0.05) is 6.20 Å². The Bertz CT molecular complexity index is 544. The highest BCUT2D eigenvalue weighted by atomic mass is 32.2. The molecule has 0 unspecified atom stereocenters. The molecule has 0 aliphatic carbocycles. The van der Waals surface area contributed by atoms with E-state index in [1.54, 1.807) is 16.7 Å². The van der Waals surface area contributed by atoms with Gasteiger partial charge in [0.1, 0.15) is 0 Å². The molecule has 0 aliphatic rings. The van der Waals surface area contributed by atoms with Gasteiger partial charge in [0.2, 0.25) is 10.0 Å². The summed E-state index contributed by atoms with van der Waals surface area (Å²) >= 11 is 0.